The van der Waals surface area contributed by atoms with Crippen molar-refractivity contribution in [2.75, 3.05) is 0 Å². The Kier molecular flexibility index (Phi) is 11.9. The van der Waals surface area contributed by atoms with E-state index in [0.29, 0.717) is 0 Å². The maximum absolute atomic E-state index is 2.93. The first-order valence-electron chi connectivity index (χ1n) is 6.31. The van der Waals surface area contributed by atoms with Gasteiger partial charge >= 0.3 is 26.2 Å². The summed E-state index contributed by atoms with van der Waals surface area (Å²) in [6, 6.07) is 31.6. The Morgan fingerprint density at radius 1 is 0.700 bits per heavy atom. The van der Waals surface area contributed by atoms with Gasteiger partial charge in [-0.1, -0.05) is 13.8 Å². The summed E-state index contributed by atoms with van der Waals surface area (Å²) in [5, 5.41) is 0. The van der Waals surface area contributed by atoms with Gasteiger partial charge in [-0.15, -0.1) is 0 Å². The first kappa shape index (κ1) is 18.7. The Morgan fingerprint density at radius 2 is 1.05 bits per heavy atom. The van der Waals surface area contributed by atoms with Crippen LogP contribution >= 0.6 is 0 Å². The Hall–Kier alpha value is -1.33. The fraction of sp³-hybridized carbons (Fsp3) is 0.105. The fourth-order valence-corrected chi connectivity index (χ4v) is 1.26. The zero-order chi connectivity index (χ0) is 13.8. The van der Waals surface area contributed by atoms with Crippen molar-refractivity contribution in [1.29, 1.82) is 0 Å². The average Bonchev–Trinajstić information content (AvgIpc) is 3.00. The molecule has 0 atom stereocenters. The van der Waals surface area contributed by atoms with Gasteiger partial charge in [0.2, 0.25) is 0 Å². The van der Waals surface area contributed by atoms with Crippen LogP contribution in [0.4, 0.5) is 0 Å². The SMILES string of the molecule is Cc1cc[c-]cc1.Cc1cc[c-]cc1.[Zr+3].c1cc[cH-]c1. The van der Waals surface area contributed by atoms with Gasteiger partial charge in [0.1, 0.15) is 0 Å². The van der Waals surface area contributed by atoms with Crippen LogP contribution in [0.2, 0.25) is 0 Å². The van der Waals surface area contributed by atoms with E-state index in [2.05, 4.69) is 26.0 Å². The Morgan fingerprint density at radius 3 is 1.20 bits per heavy atom. The Labute approximate surface area is 142 Å². The first-order chi connectivity index (χ1) is 9.29. The number of benzene rings is 2. The summed E-state index contributed by atoms with van der Waals surface area (Å²) in [6.07, 6.45) is 0. The summed E-state index contributed by atoms with van der Waals surface area (Å²) in [6.45, 7) is 4.13. The molecule has 0 aliphatic carbocycles. The topological polar surface area (TPSA) is 0 Å². The third-order valence-corrected chi connectivity index (χ3v) is 2.33. The molecular formula is C19H19Zr. The fourth-order valence-electron chi connectivity index (χ4n) is 1.26. The van der Waals surface area contributed by atoms with E-state index in [9.17, 15) is 0 Å². The number of aryl methyl sites for hydroxylation is 2. The molecule has 99 valence electrons. The van der Waals surface area contributed by atoms with Crippen molar-refractivity contribution >= 4 is 0 Å². The minimum atomic E-state index is 0. The van der Waals surface area contributed by atoms with Gasteiger partial charge in [-0.05, 0) is 0 Å². The summed E-state index contributed by atoms with van der Waals surface area (Å²) in [5.74, 6) is 0. The normalized spacial score (nSPS) is 8.10. The van der Waals surface area contributed by atoms with Gasteiger partial charge in [0.25, 0.3) is 0 Å². The molecule has 1 radical (unpaired) electrons. The summed E-state index contributed by atoms with van der Waals surface area (Å²) in [7, 11) is 0. The smallest absolute Gasteiger partial charge is 0.214 e. The molecule has 3 aromatic carbocycles. The second-order valence-electron chi connectivity index (χ2n) is 4.12. The van der Waals surface area contributed by atoms with Crippen molar-refractivity contribution in [3.8, 4) is 0 Å². The molecule has 0 nitrogen and oxygen atoms in total. The second kappa shape index (κ2) is 12.7. The van der Waals surface area contributed by atoms with E-state index < -0.39 is 0 Å². The zero-order valence-corrected chi connectivity index (χ0v) is 14.5. The molecule has 3 rings (SSSR count). The maximum atomic E-state index is 2.93. The average molecular weight is 339 g/mol. The van der Waals surface area contributed by atoms with Crippen molar-refractivity contribution in [1.82, 2.24) is 0 Å². The van der Waals surface area contributed by atoms with Gasteiger partial charge in [-0.3, -0.25) is 0 Å². The van der Waals surface area contributed by atoms with Crippen LogP contribution in [0.3, 0.4) is 0 Å². The predicted molar refractivity (Wildman–Crippen MR) is 82.1 cm³/mol. The third-order valence-electron chi connectivity index (χ3n) is 2.33. The molecule has 0 amide bonds. The van der Waals surface area contributed by atoms with Gasteiger partial charge in [-0.25, -0.2) is 12.1 Å². The summed E-state index contributed by atoms with van der Waals surface area (Å²) in [4.78, 5) is 0. The van der Waals surface area contributed by atoms with E-state index in [1.807, 2.05) is 78.9 Å². The summed E-state index contributed by atoms with van der Waals surface area (Å²) in [5.41, 5.74) is 2.58. The van der Waals surface area contributed by atoms with E-state index >= 15 is 0 Å². The van der Waals surface area contributed by atoms with Crippen LogP contribution < -0.4 is 0 Å². The molecule has 0 saturated heterocycles. The molecular weight excluding hydrogens is 319 g/mol. The molecule has 0 saturated carbocycles. The van der Waals surface area contributed by atoms with Crippen LogP contribution in [0.1, 0.15) is 11.1 Å². The van der Waals surface area contributed by atoms with Gasteiger partial charge in [0.15, 0.2) is 0 Å². The molecule has 1 heteroatoms. The monoisotopic (exact) mass is 337 g/mol. The van der Waals surface area contributed by atoms with Crippen LogP contribution in [0.15, 0.2) is 78.9 Å². The summed E-state index contributed by atoms with van der Waals surface area (Å²) < 4.78 is 0. The molecule has 3 aromatic rings. The largest absolute Gasteiger partial charge is 3.00 e. The second-order valence-corrected chi connectivity index (χ2v) is 4.12. The van der Waals surface area contributed by atoms with Gasteiger partial charge in [0, 0.05) is 0 Å². The molecule has 20 heavy (non-hydrogen) atoms. The first-order valence-corrected chi connectivity index (χ1v) is 6.31. The Balaban J connectivity index is 0.000000268. The van der Waals surface area contributed by atoms with Crippen LogP contribution in [0.5, 0.6) is 0 Å². The molecule has 0 spiro atoms. The zero-order valence-electron chi connectivity index (χ0n) is 12.0. The van der Waals surface area contributed by atoms with E-state index in [-0.39, 0.29) is 26.2 Å². The molecule has 0 heterocycles. The van der Waals surface area contributed by atoms with Gasteiger partial charge in [0.05, 0.1) is 0 Å². The molecule has 0 N–H and O–H groups in total. The molecule has 0 fully saturated rings. The van der Waals surface area contributed by atoms with Crippen molar-refractivity contribution in [2.24, 2.45) is 0 Å². The van der Waals surface area contributed by atoms with E-state index in [0.717, 1.165) is 0 Å². The standard InChI is InChI=1S/2C7H7.C5H5.Zr/c2*1-7-5-3-2-4-6-7;1-2-4-5-3-1;/h2*3-6H,1H3;1-5H;/q3*-1;+3. The van der Waals surface area contributed by atoms with Gasteiger partial charge < -0.3 is 0 Å². The van der Waals surface area contributed by atoms with Crippen molar-refractivity contribution in [3.05, 3.63) is 102 Å². The Bertz CT molecular complexity index is 443. The number of hydrogen-bond acceptors (Lipinski definition) is 0. The molecule has 0 bridgehead atoms. The van der Waals surface area contributed by atoms with Crippen LogP contribution in [-0.4, -0.2) is 0 Å². The van der Waals surface area contributed by atoms with Crippen molar-refractivity contribution in [2.45, 2.75) is 13.8 Å². The van der Waals surface area contributed by atoms with E-state index in [1.54, 1.807) is 0 Å². The van der Waals surface area contributed by atoms with Crippen LogP contribution in [0.25, 0.3) is 0 Å². The molecule has 0 aliphatic rings. The van der Waals surface area contributed by atoms with E-state index in [1.165, 1.54) is 11.1 Å². The number of hydrogen-bond donors (Lipinski definition) is 0. The minimum Gasteiger partial charge on any atom is -0.214 e. The quantitative estimate of drug-likeness (QED) is 0.506. The summed E-state index contributed by atoms with van der Waals surface area (Å²) >= 11 is 0. The maximum Gasteiger partial charge on any atom is 3.00 e. The molecule has 0 aliphatic heterocycles. The van der Waals surface area contributed by atoms with Crippen molar-refractivity contribution in [3.63, 3.8) is 0 Å². The van der Waals surface area contributed by atoms with Crippen LogP contribution in [-0.2, 0) is 26.2 Å². The molecule has 0 aromatic heterocycles. The minimum absolute atomic E-state index is 0. The van der Waals surface area contributed by atoms with Crippen LogP contribution in [0, 0.1) is 26.0 Å². The van der Waals surface area contributed by atoms with Crippen molar-refractivity contribution < 1.29 is 26.2 Å². The predicted octanol–water partition coefficient (Wildman–Crippen LogP) is 4.99. The van der Waals surface area contributed by atoms with Gasteiger partial charge in [-0.2, -0.15) is 90.0 Å². The molecule has 0 unspecified atom stereocenters. The van der Waals surface area contributed by atoms with E-state index in [4.69, 9.17) is 0 Å². The number of rotatable bonds is 0. The third kappa shape index (κ3) is 10.6.